The summed E-state index contributed by atoms with van der Waals surface area (Å²) in [4.78, 5) is 35.0. The third-order valence-corrected chi connectivity index (χ3v) is 11.4. The highest BCUT2D eigenvalue weighted by atomic mass is 35.5. The molecule has 256 valence electrons. The number of carbonyl (C=O) groups is 2. The van der Waals surface area contributed by atoms with Crippen LogP contribution >= 0.6 is 11.6 Å². The van der Waals surface area contributed by atoms with Crippen molar-refractivity contribution in [3.63, 3.8) is 0 Å². The molecule has 0 saturated carbocycles. The van der Waals surface area contributed by atoms with E-state index in [-0.39, 0.29) is 32.5 Å². The van der Waals surface area contributed by atoms with Crippen LogP contribution in [0.1, 0.15) is 24.0 Å². The first-order valence-corrected chi connectivity index (χ1v) is 17.5. The van der Waals surface area contributed by atoms with Crippen LogP contribution in [-0.2, 0) is 25.2 Å². The topological polar surface area (TPSA) is 118 Å². The number of amides is 2. The predicted octanol–water partition coefficient (Wildman–Crippen LogP) is 4.19. The first kappa shape index (κ1) is 33.8. The van der Waals surface area contributed by atoms with Gasteiger partial charge in [-0.15, -0.1) is 0 Å². The first-order chi connectivity index (χ1) is 23.0. The summed E-state index contributed by atoms with van der Waals surface area (Å²) in [7, 11) is 1.71. The van der Waals surface area contributed by atoms with Crippen LogP contribution in [0.2, 0.25) is 5.02 Å². The lowest BCUT2D eigenvalue weighted by molar-refractivity contribution is -0.132. The van der Waals surface area contributed by atoms with Gasteiger partial charge in [0.1, 0.15) is 22.1 Å². The van der Waals surface area contributed by atoms with E-state index in [0.29, 0.717) is 48.0 Å². The summed E-state index contributed by atoms with van der Waals surface area (Å²) < 4.78 is 52.0. The van der Waals surface area contributed by atoms with Crippen molar-refractivity contribution in [3.8, 4) is 17.2 Å². The fourth-order valence-electron chi connectivity index (χ4n) is 6.76. The number of piperidine rings is 1. The Bertz CT molecular complexity index is 1810. The summed E-state index contributed by atoms with van der Waals surface area (Å²) >= 11 is 6.49. The highest BCUT2D eigenvalue weighted by Crippen LogP contribution is 2.51. The number of halogens is 1. The lowest BCUT2D eigenvalue weighted by Gasteiger charge is -2.42. The van der Waals surface area contributed by atoms with Crippen LogP contribution in [0.15, 0.2) is 65.6 Å². The molecule has 0 bridgehead atoms. The number of sulfonamides is 1. The van der Waals surface area contributed by atoms with Crippen LogP contribution in [-0.4, -0.2) is 109 Å². The Morgan fingerprint density at radius 3 is 2.21 bits per heavy atom. The summed E-state index contributed by atoms with van der Waals surface area (Å²) in [5.74, 6) is -0.300. The Morgan fingerprint density at radius 1 is 0.854 bits per heavy atom. The van der Waals surface area contributed by atoms with Crippen molar-refractivity contribution in [3.05, 3.63) is 76.8 Å². The number of likely N-dealkylation sites (tertiary alicyclic amines) is 1. The smallest absolute Gasteiger partial charge is 0.411 e. The molecule has 3 aromatic rings. The second kappa shape index (κ2) is 13.5. The van der Waals surface area contributed by atoms with Gasteiger partial charge in [-0.25, -0.2) is 13.2 Å². The van der Waals surface area contributed by atoms with Gasteiger partial charge in [0.05, 0.1) is 27.0 Å². The molecule has 0 aliphatic carbocycles. The monoisotopic (exact) mass is 698 g/mol. The van der Waals surface area contributed by atoms with E-state index >= 15 is 0 Å². The molecule has 14 heteroatoms. The Morgan fingerprint density at radius 2 is 1.54 bits per heavy atom. The molecular weight excluding hydrogens is 660 g/mol. The Hall–Kier alpha value is -4.04. The van der Waals surface area contributed by atoms with Gasteiger partial charge in [0.25, 0.3) is 15.9 Å². The Labute approximate surface area is 285 Å². The third-order valence-electron chi connectivity index (χ3n) is 9.42. The molecule has 1 unspecified atom stereocenters. The van der Waals surface area contributed by atoms with Crippen molar-refractivity contribution >= 4 is 39.3 Å². The second-order valence-corrected chi connectivity index (χ2v) is 14.3. The number of carbonyl (C=O) groups excluding carboxylic acids is 2. The molecule has 3 aliphatic rings. The molecule has 0 N–H and O–H groups in total. The van der Waals surface area contributed by atoms with Gasteiger partial charge < -0.3 is 28.7 Å². The van der Waals surface area contributed by atoms with E-state index in [1.807, 2.05) is 0 Å². The van der Waals surface area contributed by atoms with Crippen molar-refractivity contribution in [2.24, 2.45) is 0 Å². The van der Waals surface area contributed by atoms with E-state index < -0.39 is 27.6 Å². The van der Waals surface area contributed by atoms with Gasteiger partial charge in [-0.1, -0.05) is 23.7 Å². The average Bonchev–Trinajstić information content (AvgIpc) is 3.35. The standard InChI is InChI=1S/C34H39ClN4O8S/c1-36-14-12-25(13-15-36)37-16-18-38(19-17-37)33(41)47-34(23-6-5-7-26(20-23)44-2)28-21-24(35)8-10-29(28)39(32(34)40)48(42,43)31-11-9-27(45-3)22-30(31)46-4/h5-11,20-22,25H,12-19H2,1-4H3. The lowest BCUT2D eigenvalue weighted by atomic mass is 9.87. The number of fused-ring (bicyclic) bond motifs is 1. The van der Waals surface area contributed by atoms with Crippen LogP contribution in [0.25, 0.3) is 0 Å². The van der Waals surface area contributed by atoms with Gasteiger partial charge in [0.2, 0.25) is 5.60 Å². The Kier molecular flexibility index (Phi) is 9.49. The fraction of sp³-hybridized carbons (Fsp3) is 0.412. The summed E-state index contributed by atoms with van der Waals surface area (Å²) in [6.45, 7) is 4.15. The zero-order valence-electron chi connectivity index (χ0n) is 27.3. The first-order valence-electron chi connectivity index (χ1n) is 15.7. The van der Waals surface area contributed by atoms with Gasteiger partial charge in [-0.05, 0) is 75.4 Å². The van der Waals surface area contributed by atoms with E-state index in [1.54, 1.807) is 29.2 Å². The van der Waals surface area contributed by atoms with Crippen molar-refractivity contribution in [1.29, 1.82) is 0 Å². The number of hydrogen-bond acceptors (Lipinski definition) is 10. The number of rotatable bonds is 8. The molecule has 3 aromatic carbocycles. The molecular formula is C34H39ClN4O8S. The Balaban J connectivity index is 1.41. The fourth-order valence-corrected chi connectivity index (χ4v) is 8.53. The maximum atomic E-state index is 14.9. The molecule has 0 aromatic heterocycles. The molecule has 0 spiro atoms. The maximum Gasteiger partial charge on any atom is 0.411 e. The molecule has 48 heavy (non-hydrogen) atoms. The highest BCUT2D eigenvalue weighted by Gasteiger charge is 2.60. The van der Waals surface area contributed by atoms with Crippen molar-refractivity contribution in [1.82, 2.24) is 14.7 Å². The molecule has 3 aliphatic heterocycles. The van der Waals surface area contributed by atoms with Gasteiger partial charge in [-0.3, -0.25) is 9.69 Å². The van der Waals surface area contributed by atoms with Gasteiger partial charge in [0, 0.05) is 54.4 Å². The molecule has 12 nitrogen and oxygen atoms in total. The number of nitrogens with zero attached hydrogens (tertiary/aromatic N) is 4. The number of ether oxygens (including phenoxy) is 4. The SMILES string of the molecule is COc1cccc(C2(OC(=O)N3CCN(C4CCN(C)CC4)CC3)C(=O)N(S(=O)(=O)c3ccc(OC)cc3OC)c3ccc(Cl)cc32)c1. The molecule has 2 amide bonds. The zero-order chi connectivity index (χ0) is 34.2. The van der Waals surface area contributed by atoms with E-state index in [4.69, 9.17) is 30.5 Å². The maximum absolute atomic E-state index is 14.9. The summed E-state index contributed by atoms with van der Waals surface area (Å²) in [6, 6.07) is 15.5. The second-order valence-electron chi connectivity index (χ2n) is 12.1. The molecule has 1 atom stereocenters. The highest BCUT2D eigenvalue weighted by molar-refractivity contribution is 7.93. The van der Waals surface area contributed by atoms with Crippen LogP contribution in [0.3, 0.4) is 0 Å². The minimum Gasteiger partial charge on any atom is -0.497 e. The molecule has 2 fully saturated rings. The average molecular weight is 699 g/mol. The zero-order valence-corrected chi connectivity index (χ0v) is 28.9. The largest absolute Gasteiger partial charge is 0.497 e. The molecule has 6 rings (SSSR count). The predicted molar refractivity (Wildman–Crippen MR) is 180 cm³/mol. The van der Waals surface area contributed by atoms with Gasteiger partial charge in [-0.2, -0.15) is 4.31 Å². The number of benzene rings is 3. The molecule has 3 heterocycles. The van der Waals surface area contributed by atoms with E-state index in [1.165, 1.54) is 57.7 Å². The van der Waals surface area contributed by atoms with Crippen LogP contribution in [0.4, 0.5) is 10.5 Å². The van der Waals surface area contributed by atoms with Crippen molar-refractivity contribution < 1.29 is 37.0 Å². The van der Waals surface area contributed by atoms with Gasteiger partial charge in [0.15, 0.2) is 0 Å². The van der Waals surface area contributed by atoms with Crippen LogP contribution in [0.5, 0.6) is 17.2 Å². The van der Waals surface area contributed by atoms with E-state index in [9.17, 15) is 18.0 Å². The summed E-state index contributed by atoms with van der Waals surface area (Å²) in [6.07, 6.45) is 1.38. The summed E-state index contributed by atoms with van der Waals surface area (Å²) in [5, 5.41) is 0.220. The van der Waals surface area contributed by atoms with Crippen molar-refractivity contribution in [2.45, 2.75) is 29.4 Å². The number of hydrogen-bond donors (Lipinski definition) is 0. The van der Waals surface area contributed by atoms with Gasteiger partial charge >= 0.3 is 6.09 Å². The molecule has 0 radical (unpaired) electrons. The van der Waals surface area contributed by atoms with Crippen molar-refractivity contribution in [2.75, 3.05) is 72.0 Å². The summed E-state index contributed by atoms with van der Waals surface area (Å²) in [5.41, 5.74) is -1.93. The van der Waals surface area contributed by atoms with Crippen LogP contribution in [0, 0.1) is 0 Å². The van der Waals surface area contributed by atoms with E-state index in [2.05, 4.69) is 16.8 Å². The number of anilines is 1. The lowest BCUT2D eigenvalue weighted by Crippen LogP contribution is -2.55. The minimum atomic E-state index is -4.65. The van der Waals surface area contributed by atoms with E-state index in [0.717, 1.165) is 25.9 Å². The number of methoxy groups -OCH3 is 3. The quantitative estimate of drug-likeness (QED) is 0.339. The number of piperazine rings is 1. The normalized spacial score (nSPS) is 20.8. The minimum absolute atomic E-state index is 0.00928. The third kappa shape index (κ3) is 5.93. The van der Waals surface area contributed by atoms with Crippen LogP contribution < -0.4 is 18.5 Å². The molecule has 2 saturated heterocycles.